The van der Waals surface area contributed by atoms with Crippen LogP contribution in [0.15, 0.2) is 0 Å². The normalized spacial score (nSPS) is 26.0. The summed E-state index contributed by atoms with van der Waals surface area (Å²) in [5.41, 5.74) is 0. The number of hydrogen-bond acceptors (Lipinski definition) is 4. The molecule has 1 atom stereocenters. The first kappa shape index (κ1) is 11.9. The maximum atomic E-state index is 11.3. The molecule has 1 saturated heterocycles. The van der Waals surface area contributed by atoms with Crippen molar-refractivity contribution in [3.8, 4) is 0 Å². The molecule has 0 radical (unpaired) electrons. The SMILES string of the molecule is COC[C@@H]1CNCCN(S(C)(=O)=O)C1. The molecule has 1 N–H and O–H groups in total. The summed E-state index contributed by atoms with van der Waals surface area (Å²) in [5, 5.41) is 3.20. The Labute approximate surface area is 85.5 Å². The zero-order valence-corrected chi connectivity index (χ0v) is 9.51. The van der Waals surface area contributed by atoms with Crippen LogP contribution < -0.4 is 5.32 Å². The van der Waals surface area contributed by atoms with E-state index in [0.717, 1.165) is 6.54 Å². The number of hydrogen-bond donors (Lipinski definition) is 1. The Morgan fingerprint density at radius 1 is 1.57 bits per heavy atom. The Hall–Kier alpha value is -0.170. The highest BCUT2D eigenvalue weighted by molar-refractivity contribution is 7.88. The van der Waals surface area contributed by atoms with Gasteiger partial charge in [-0.3, -0.25) is 0 Å². The lowest BCUT2D eigenvalue weighted by atomic mass is 10.1. The van der Waals surface area contributed by atoms with Crippen molar-refractivity contribution in [1.82, 2.24) is 9.62 Å². The van der Waals surface area contributed by atoms with Crippen molar-refractivity contribution >= 4 is 10.0 Å². The first-order chi connectivity index (χ1) is 6.54. The van der Waals surface area contributed by atoms with E-state index >= 15 is 0 Å². The van der Waals surface area contributed by atoms with Crippen LogP contribution in [0.25, 0.3) is 0 Å². The average Bonchev–Trinajstić information content (AvgIpc) is 2.29. The summed E-state index contributed by atoms with van der Waals surface area (Å²) in [6.45, 7) is 3.24. The molecule has 1 rings (SSSR count). The molecule has 84 valence electrons. The van der Waals surface area contributed by atoms with E-state index in [0.29, 0.717) is 26.2 Å². The van der Waals surface area contributed by atoms with Crippen molar-refractivity contribution in [2.75, 3.05) is 46.2 Å². The van der Waals surface area contributed by atoms with E-state index in [2.05, 4.69) is 5.32 Å². The molecule has 1 aliphatic rings. The molecule has 14 heavy (non-hydrogen) atoms. The van der Waals surface area contributed by atoms with Crippen molar-refractivity contribution in [3.63, 3.8) is 0 Å². The van der Waals surface area contributed by atoms with Gasteiger partial charge in [-0.15, -0.1) is 0 Å². The van der Waals surface area contributed by atoms with Crippen LogP contribution in [0.1, 0.15) is 0 Å². The van der Waals surface area contributed by atoms with E-state index in [1.807, 2.05) is 0 Å². The van der Waals surface area contributed by atoms with E-state index < -0.39 is 10.0 Å². The number of nitrogens with one attached hydrogen (secondary N) is 1. The Balaban J connectivity index is 2.60. The highest BCUT2D eigenvalue weighted by Crippen LogP contribution is 2.07. The monoisotopic (exact) mass is 222 g/mol. The molecule has 6 heteroatoms. The van der Waals surface area contributed by atoms with Crippen LogP contribution in [-0.2, 0) is 14.8 Å². The summed E-state index contributed by atoms with van der Waals surface area (Å²) in [7, 11) is -1.43. The zero-order valence-electron chi connectivity index (χ0n) is 8.69. The molecule has 1 heterocycles. The molecule has 0 aliphatic carbocycles. The van der Waals surface area contributed by atoms with Crippen LogP contribution in [0.4, 0.5) is 0 Å². The van der Waals surface area contributed by atoms with E-state index in [-0.39, 0.29) is 5.92 Å². The molecule has 1 aliphatic heterocycles. The predicted octanol–water partition coefficient (Wildman–Crippen LogP) is -0.886. The second-order valence-corrected chi connectivity index (χ2v) is 5.63. The molecule has 0 saturated carbocycles. The smallest absolute Gasteiger partial charge is 0.211 e. The summed E-state index contributed by atoms with van der Waals surface area (Å²) in [6, 6.07) is 0. The van der Waals surface area contributed by atoms with Crippen molar-refractivity contribution in [1.29, 1.82) is 0 Å². The lowest BCUT2D eigenvalue weighted by molar-refractivity contribution is 0.146. The molecule has 1 fully saturated rings. The molecular formula is C8H18N2O3S. The van der Waals surface area contributed by atoms with Gasteiger partial charge in [0.15, 0.2) is 0 Å². The Morgan fingerprint density at radius 2 is 2.29 bits per heavy atom. The molecule has 0 aromatic heterocycles. The fraction of sp³-hybridized carbons (Fsp3) is 1.00. The highest BCUT2D eigenvalue weighted by atomic mass is 32.2. The van der Waals surface area contributed by atoms with Gasteiger partial charge < -0.3 is 10.1 Å². The molecule has 5 nitrogen and oxygen atoms in total. The van der Waals surface area contributed by atoms with Crippen molar-refractivity contribution < 1.29 is 13.2 Å². The molecule has 0 bridgehead atoms. The van der Waals surface area contributed by atoms with Crippen LogP contribution in [0.5, 0.6) is 0 Å². The first-order valence-electron chi connectivity index (χ1n) is 4.69. The Bertz CT molecular complexity index is 266. The minimum absolute atomic E-state index is 0.247. The molecular weight excluding hydrogens is 204 g/mol. The number of sulfonamides is 1. The van der Waals surface area contributed by atoms with Gasteiger partial charge in [0.25, 0.3) is 0 Å². The summed E-state index contributed by atoms with van der Waals surface area (Å²) >= 11 is 0. The number of nitrogens with zero attached hydrogens (tertiary/aromatic N) is 1. The molecule has 0 amide bonds. The van der Waals surface area contributed by atoms with Gasteiger partial charge in [-0.25, -0.2) is 12.7 Å². The summed E-state index contributed by atoms with van der Waals surface area (Å²) in [5.74, 6) is 0.247. The quantitative estimate of drug-likeness (QED) is 0.673. The van der Waals surface area contributed by atoms with Gasteiger partial charge in [-0.05, 0) is 0 Å². The second-order valence-electron chi connectivity index (χ2n) is 3.65. The molecule has 0 spiro atoms. The largest absolute Gasteiger partial charge is 0.384 e. The van der Waals surface area contributed by atoms with Gasteiger partial charge in [-0.1, -0.05) is 0 Å². The van der Waals surface area contributed by atoms with Gasteiger partial charge in [0.1, 0.15) is 0 Å². The van der Waals surface area contributed by atoms with Gasteiger partial charge in [-0.2, -0.15) is 0 Å². The fourth-order valence-electron chi connectivity index (χ4n) is 1.60. The van der Waals surface area contributed by atoms with Crippen LogP contribution in [-0.4, -0.2) is 58.9 Å². The Morgan fingerprint density at radius 3 is 2.86 bits per heavy atom. The first-order valence-corrected chi connectivity index (χ1v) is 6.53. The third-order valence-corrected chi connectivity index (χ3v) is 3.57. The van der Waals surface area contributed by atoms with E-state index in [4.69, 9.17) is 4.74 Å². The summed E-state index contributed by atoms with van der Waals surface area (Å²) in [6.07, 6.45) is 1.25. The standard InChI is InChI=1S/C8H18N2O3S/c1-13-7-8-5-9-3-4-10(6-8)14(2,11)12/h8-9H,3-7H2,1-2H3/t8-/m1/s1. The lowest BCUT2D eigenvalue weighted by Gasteiger charge is -2.20. The van der Waals surface area contributed by atoms with Gasteiger partial charge >= 0.3 is 0 Å². The fourth-order valence-corrected chi connectivity index (χ4v) is 2.51. The number of methoxy groups -OCH3 is 1. The van der Waals surface area contributed by atoms with Crippen LogP contribution in [0.2, 0.25) is 0 Å². The second kappa shape index (κ2) is 5.06. The third kappa shape index (κ3) is 3.53. The lowest BCUT2D eigenvalue weighted by Crippen LogP contribution is -2.36. The van der Waals surface area contributed by atoms with Crippen LogP contribution in [0.3, 0.4) is 0 Å². The molecule has 0 aromatic carbocycles. The third-order valence-electron chi connectivity index (χ3n) is 2.30. The van der Waals surface area contributed by atoms with Crippen molar-refractivity contribution in [2.24, 2.45) is 5.92 Å². The van der Waals surface area contributed by atoms with Crippen LogP contribution in [0, 0.1) is 5.92 Å². The number of rotatable bonds is 3. The van der Waals surface area contributed by atoms with E-state index in [1.54, 1.807) is 7.11 Å². The van der Waals surface area contributed by atoms with Crippen molar-refractivity contribution in [2.45, 2.75) is 0 Å². The zero-order chi connectivity index (χ0) is 10.6. The van der Waals surface area contributed by atoms with Gasteiger partial charge in [0.05, 0.1) is 12.9 Å². The van der Waals surface area contributed by atoms with Crippen molar-refractivity contribution in [3.05, 3.63) is 0 Å². The Kier molecular flexibility index (Phi) is 4.31. The molecule has 0 aromatic rings. The molecule has 0 unspecified atom stereocenters. The number of ether oxygens (including phenoxy) is 1. The average molecular weight is 222 g/mol. The minimum atomic E-state index is -3.06. The topological polar surface area (TPSA) is 58.6 Å². The summed E-state index contributed by atoms with van der Waals surface area (Å²) < 4.78 is 29.2. The van der Waals surface area contributed by atoms with E-state index in [9.17, 15) is 8.42 Å². The maximum Gasteiger partial charge on any atom is 0.211 e. The summed E-state index contributed by atoms with van der Waals surface area (Å²) in [4.78, 5) is 0. The predicted molar refractivity (Wildman–Crippen MR) is 54.7 cm³/mol. The highest BCUT2D eigenvalue weighted by Gasteiger charge is 2.23. The van der Waals surface area contributed by atoms with Gasteiger partial charge in [0.2, 0.25) is 10.0 Å². The van der Waals surface area contributed by atoms with Gasteiger partial charge in [0, 0.05) is 39.2 Å². The maximum absolute atomic E-state index is 11.3. The minimum Gasteiger partial charge on any atom is -0.384 e. The van der Waals surface area contributed by atoms with Crippen LogP contribution >= 0.6 is 0 Å². The van der Waals surface area contributed by atoms with E-state index in [1.165, 1.54) is 10.6 Å².